The fourth-order valence-electron chi connectivity index (χ4n) is 5.30. The Morgan fingerprint density at radius 2 is 1.95 bits per heavy atom. The van der Waals surface area contributed by atoms with Crippen molar-refractivity contribution in [1.29, 1.82) is 0 Å². The van der Waals surface area contributed by atoms with E-state index in [2.05, 4.69) is 37.3 Å². The second-order valence-corrected chi connectivity index (χ2v) is 10.2. The predicted octanol–water partition coefficient (Wildman–Crippen LogP) is 5.85. The molecule has 37 heavy (non-hydrogen) atoms. The standard InChI is InChI=1S/C31H32O6/c1-19-13-21-5-9-27(21)31(35-12-11-34-24-6-7-24)30(19)22-4-2-3-20(14-22)17-36-25-8-10-26-23(15-29(32)33)18-37-28(26)16-25/h2-4,8,10,13-14,16,23-24H,5-7,9,11-12,15,17-18H2,1H3,(H,32,33)/t23-/m1/s1. The maximum atomic E-state index is 11.1. The summed E-state index contributed by atoms with van der Waals surface area (Å²) in [6.45, 7) is 4.16. The molecule has 0 radical (unpaired) electrons. The van der Waals surface area contributed by atoms with E-state index in [1.807, 2.05) is 18.2 Å². The Bertz CT molecular complexity index is 1330. The average Bonchev–Trinajstić information content (AvgIpc) is 3.62. The Kier molecular flexibility index (Phi) is 6.51. The highest BCUT2D eigenvalue weighted by molar-refractivity contribution is 5.78. The molecule has 3 aromatic carbocycles. The van der Waals surface area contributed by atoms with Crippen LogP contribution < -0.4 is 14.2 Å². The summed E-state index contributed by atoms with van der Waals surface area (Å²) < 4.78 is 24.0. The van der Waals surface area contributed by atoms with Crippen LogP contribution in [-0.4, -0.2) is 37.0 Å². The lowest BCUT2D eigenvalue weighted by Crippen LogP contribution is -2.16. The number of ether oxygens (including phenoxy) is 4. The van der Waals surface area contributed by atoms with Crippen molar-refractivity contribution in [3.05, 3.63) is 76.3 Å². The molecule has 6 rings (SSSR count). The van der Waals surface area contributed by atoms with E-state index < -0.39 is 5.97 Å². The van der Waals surface area contributed by atoms with Crippen LogP contribution >= 0.6 is 0 Å². The number of hydrogen-bond donors (Lipinski definition) is 1. The van der Waals surface area contributed by atoms with Crippen molar-refractivity contribution in [3.63, 3.8) is 0 Å². The molecular weight excluding hydrogens is 468 g/mol. The van der Waals surface area contributed by atoms with E-state index in [0.717, 1.165) is 40.8 Å². The van der Waals surface area contributed by atoms with Crippen molar-refractivity contribution in [3.8, 4) is 28.4 Å². The number of hydrogen-bond acceptors (Lipinski definition) is 5. The molecule has 0 amide bonds. The smallest absolute Gasteiger partial charge is 0.304 e. The molecule has 3 aromatic rings. The molecule has 1 saturated carbocycles. The monoisotopic (exact) mass is 500 g/mol. The summed E-state index contributed by atoms with van der Waals surface area (Å²) >= 11 is 0. The molecule has 0 bridgehead atoms. The van der Waals surface area contributed by atoms with E-state index in [1.165, 1.54) is 29.5 Å². The van der Waals surface area contributed by atoms with E-state index >= 15 is 0 Å². The fraction of sp³-hybridized carbons (Fsp3) is 0.387. The third-order valence-electron chi connectivity index (χ3n) is 7.43. The summed E-state index contributed by atoms with van der Waals surface area (Å²) in [5, 5.41) is 9.12. The van der Waals surface area contributed by atoms with Crippen LogP contribution in [0, 0.1) is 6.92 Å². The van der Waals surface area contributed by atoms with E-state index in [4.69, 9.17) is 24.1 Å². The number of rotatable bonds is 11. The maximum absolute atomic E-state index is 11.1. The molecule has 6 heteroatoms. The van der Waals surface area contributed by atoms with Crippen LogP contribution in [-0.2, 0) is 29.0 Å². The second-order valence-electron chi connectivity index (χ2n) is 10.2. The number of carboxylic acids is 1. The van der Waals surface area contributed by atoms with E-state index in [-0.39, 0.29) is 12.3 Å². The SMILES string of the molecule is Cc1cc2c(c(OCCOC3CC3)c1-c1cccc(COc3ccc4c(c3)OC[C@H]4CC(=O)O)c1)CC2. The molecule has 192 valence electrons. The summed E-state index contributed by atoms with van der Waals surface area (Å²) in [6, 6.07) is 16.4. The summed E-state index contributed by atoms with van der Waals surface area (Å²) in [4.78, 5) is 11.1. The Morgan fingerprint density at radius 3 is 2.73 bits per heavy atom. The summed E-state index contributed by atoms with van der Waals surface area (Å²) in [6.07, 6.45) is 5.01. The van der Waals surface area contributed by atoms with Gasteiger partial charge in [0.25, 0.3) is 0 Å². The van der Waals surface area contributed by atoms with Gasteiger partial charge in [0.1, 0.15) is 30.5 Å². The second kappa shape index (κ2) is 10.1. The van der Waals surface area contributed by atoms with Gasteiger partial charge in [0.2, 0.25) is 0 Å². The highest BCUT2D eigenvalue weighted by Crippen LogP contribution is 2.43. The minimum atomic E-state index is -0.815. The van der Waals surface area contributed by atoms with Gasteiger partial charge in [-0.2, -0.15) is 0 Å². The molecule has 0 aromatic heterocycles. The number of fused-ring (bicyclic) bond motifs is 2. The molecule has 1 heterocycles. The first kappa shape index (κ1) is 23.9. The van der Waals surface area contributed by atoms with Crippen molar-refractivity contribution in [2.75, 3.05) is 19.8 Å². The zero-order chi connectivity index (χ0) is 25.4. The van der Waals surface area contributed by atoms with Gasteiger partial charge in [-0.15, -0.1) is 0 Å². The van der Waals surface area contributed by atoms with Gasteiger partial charge in [-0.05, 0) is 72.6 Å². The first-order valence-electron chi connectivity index (χ1n) is 13.2. The van der Waals surface area contributed by atoms with E-state index in [9.17, 15) is 4.79 Å². The van der Waals surface area contributed by atoms with Crippen molar-refractivity contribution in [2.45, 2.75) is 57.7 Å². The number of carboxylic acid groups (broad SMARTS) is 1. The van der Waals surface area contributed by atoms with Crippen LogP contribution in [0.25, 0.3) is 11.1 Å². The van der Waals surface area contributed by atoms with E-state index in [1.54, 1.807) is 0 Å². The lowest BCUT2D eigenvalue weighted by molar-refractivity contribution is -0.137. The van der Waals surface area contributed by atoms with Crippen molar-refractivity contribution < 1.29 is 28.8 Å². The quantitative estimate of drug-likeness (QED) is 0.333. The van der Waals surface area contributed by atoms with Gasteiger partial charge in [0.05, 0.1) is 25.7 Å². The van der Waals surface area contributed by atoms with Gasteiger partial charge in [0.15, 0.2) is 0 Å². The van der Waals surface area contributed by atoms with Gasteiger partial charge in [-0.25, -0.2) is 0 Å². The van der Waals surface area contributed by atoms with Crippen molar-refractivity contribution >= 4 is 5.97 Å². The van der Waals surface area contributed by atoms with Gasteiger partial charge < -0.3 is 24.1 Å². The largest absolute Gasteiger partial charge is 0.492 e. The zero-order valence-corrected chi connectivity index (χ0v) is 21.1. The van der Waals surface area contributed by atoms with Gasteiger partial charge in [-0.3, -0.25) is 4.79 Å². The lowest BCUT2D eigenvalue weighted by Gasteiger charge is -2.27. The van der Waals surface area contributed by atoms with Crippen molar-refractivity contribution in [1.82, 2.24) is 0 Å². The average molecular weight is 501 g/mol. The number of carbonyl (C=O) groups is 1. The van der Waals surface area contributed by atoms with Crippen LogP contribution in [0.15, 0.2) is 48.5 Å². The van der Waals surface area contributed by atoms with Gasteiger partial charge >= 0.3 is 5.97 Å². The summed E-state index contributed by atoms with van der Waals surface area (Å²) in [7, 11) is 0. The summed E-state index contributed by atoms with van der Waals surface area (Å²) in [5.74, 6) is 1.50. The molecular formula is C31H32O6. The van der Waals surface area contributed by atoms with Gasteiger partial charge in [-0.1, -0.05) is 30.3 Å². The Labute approximate surface area is 217 Å². The van der Waals surface area contributed by atoms with Crippen LogP contribution in [0.3, 0.4) is 0 Å². The van der Waals surface area contributed by atoms with Crippen LogP contribution in [0.1, 0.15) is 53.0 Å². The first-order chi connectivity index (χ1) is 18.0. The molecule has 0 saturated heterocycles. The molecule has 6 nitrogen and oxygen atoms in total. The first-order valence-corrected chi connectivity index (χ1v) is 13.2. The minimum Gasteiger partial charge on any atom is -0.492 e. The molecule has 0 unspecified atom stereocenters. The topological polar surface area (TPSA) is 74.2 Å². The molecule has 1 N–H and O–H groups in total. The number of aryl methyl sites for hydroxylation is 2. The Morgan fingerprint density at radius 1 is 1.05 bits per heavy atom. The third kappa shape index (κ3) is 5.16. The maximum Gasteiger partial charge on any atom is 0.304 e. The third-order valence-corrected chi connectivity index (χ3v) is 7.43. The number of benzene rings is 3. The molecule has 0 spiro atoms. The van der Waals surface area contributed by atoms with Crippen molar-refractivity contribution in [2.24, 2.45) is 0 Å². The molecule has 1 aliphatic heterocycles. The molecule has 1 atom stereocenters. The fourth-order valence-corrected chi connectivity index (χ4v) is 5.30. The molecule has 1 fully saturated rings. The summed E-state index contributed by atoms with van der Waals surface area (Å²) in [5.41, 5.74) is 8.22. The van der Waals surface area contributed by atoms with Crippen LogP contribution in [0.5, 0.6) is 17.2 Å². The normalized spacial score (nSPS) is 17.4. The van der Waals surface area contributed by atoms with E-state index in [0.29, 0.717) is 44.0 Å². The molecule has 3 aliphatic rings. The Balaban J connectivity index is 1.17. The number of aliphatic carboxylic acids is 1. The van der Waals surface area contributed by atoms with Gasteiger partial charge in [0, 0.05) is 23.1 Å². The molecule has 2 aliphatic carbocycles. The predicted molar refractivity (Wildman–Crippen MR) is 140 cm³/mol. The highest BCUT2D eigenvalue weighted by Gasteiger charge is 2.27. The van der Waals surface area contributed by atoms with Crippen LogP contribution in [0.2, 0.25) is 0 Å². The minimum absolute atomic E-state index is 0.0708. The highest BCUT2D eigenvalue weighted by atomic mass is 16.5. The lowest BCUT2D eigenvalue weighted by atomic mass is 9.82. The van der Waals surface area contributed by atoms with Crippen LogP contribution in [0.4, 0.5) is 0 Å². The zero-order valence-electron chi connectivity index (χ0n) is 21.1. The Hall–Kier alpha value is -3.51.